The second kappa shape index (κ2) is 10.4. The quantitative estimate of drug-likeness (QED) is 0.371. The second-order valence-electron chi connectivity index (χ2n) is 11.8. The molecule has 0 nitrogen and oxygen atoms in total. The molecule has 0 bridgehead atoms. The Kier molecular flexibility index (Phi) is 7.19. The summed E-state index contributed by atoms with van der Waals surface area (Å²) in [6.45, 7) is 22.8. The summed E-state index contributed by atoms with van der Waals surface area (Å²) in [5.74, 6) is 0.952. The van der Waals surface area contributed by atoms with Gasteiger partial charge in [0.25, 0.3) is 0 Å². The van der Waals surface area contributed by atoms with E-state index in [9.17, 15) is 0 Å². The highest BCUT2D eigenvalue weighted by atomic mass is 14.4. The van der Waals surface area contributed by atoms with Crippen molar-refractivity contribution in [2.24, 2.45) is 5.92 Å². The number of benzene rings is 2. The highest BCUT2D eigenvalue weighted by Crippen LogP contribution is 2.55. The molecule has 38 heavy (non-hydrogen) atoms. The zero-order valence-corrected chi connectivity index (χ0v) is 24.1. The topological polar surface area (TPSA) is 0 Å². The van der Waals surface area contributed by atoms with Crippen molar-refractivity contribution in [3.8, 4) is 0 Å². The fourth-order valence-electron chi connectivity index (χ4n) is 6.97. The van der Waals surface area contributed by atoms with E-state index in [2.05, 4.69) is 115 Å². The highest BCUT2D eigenvalue weighted by molar-refractivity contribution is 5.63. The van der Waals surface area contributed by atoms with Gasteiger partial charge in [0.15, 0.2) is 0 Å². The number of rotatable bonds is 6. The fraction of sp³-hybridized carbons (Fsp3) is 0.316. The number of hydrogen-bond donors (Lipinski definition) is 0. The molecule has 0 aliphatic heterocycles. The molecule has 0 N–H and O–H groups in total. The standard InChI is InChI=1S/C38H42/c1-9-10-25(4)35-26(5)20-34-22-33(29(8)37(34)38(35)31-17-13-24(3)14-18-31)21-32-19-27(6)36(28(32)7)30-15-11-23(2)12-16-30/h11-21,36-38H,4,8-10,22H2,1-3,5-7H3/b33-21+. The number of aryl methyl sites for hydroxylation is 2. The molecule has 2 aromatic rings. The van der Waals surface area contributed by atoms with E-state index in [1.165, 1.54) is 72.4 Å². The highest BCUT2D eigenvalue weighted by Gasteiger charge is 2.41. The minimum atomic E-state index is 0.282. The Morgan fingerprint density at radius 3 is 2.05 bits per heavy atom. The molecule has 5 rings (SSSR count). The van der Waals surface area contributed by atoms with Gasteiger partial charge in [-0.2, -0.15) is 0 Å². The van der Waals surface area contributed by atoms with E-state index in [4.69, 9.17) is 6.58 Å². The lowest BCUT2D eigenvalue weighted by molar-refractivity contribution is 0.619. The van der Waals surface area contributed by atoms with Crippen LogP contribution in [0.3, 0.4) is 0 Å². The van der Waals surface area contributed by atoms with Crippen molar-refractivity contribution in [3.63, 3.8) is 0 Å². The van der Waals surface area contributed by atoms with Crippen molar-refractivity contribution >= 4 is 0 Å². The third-order valence-corrected chi connectivity index (χ3v) is 8.89. The lowest BCUT2D eigenvalue weighted by Gasteiger charge is -2.34. The van der Waals surface area contributed by atoms with E-state index < -0.39 is 0 Å². The van der Waals surface area contributed by atoms with E-state index >= 15 is 0 Å². The minimum absolute atomic E-state index is 0.282. The first kappa shape index (κ1) is 26.2. The molecule has 0 spiro atoms. The maximum atomic E-state index is 4.75. The van der Waals surface area contributed by atoms with Crippen molar-refractivity contribution in [2.75, 3.05) is 0 Å². The Morgan fingerprint density at radius 2 is 1.45 bits per heavy atom. The minimum Gasteiger partial charge on any atom is -0.0955 e. The van der Waals surface area contributed by atoms with Crippen LogP contribution in [0.4, 0.5) is 0 Å². The predicted octanol–water partition coefficient (Wildman–Crippen LogP) is 10.6. The van der Waals surface area contributed by atoms with Crippen LogP contribution in [0.2, 0.25) is 0 Å². The lowest BCUT2D eigenvalue weighted by atomic mass is 9.69. The molecule has 0 aromatic heterocycles. The van der Waals surface area contributed by atoms with Gasteiger partial charge in [-0.3, -0.25) is 0 Å². The first-order chi connectivity index (χ1) is 18.2. The van der Waals surface area contributed by atoms with Gasteiger partial charge in [0, 0.05) is 17.8 Å². The summed E-state index contributed by atoms with van der Waals surface area (Å²) in [5, 5.41) is 0. The van der Waals surface area contributed by atoms with Crippen LogP contribution in [0.25, 0.3) is 0 Å². The summed E-state index contributed by atoms with van der Waals surface area (Å²) < 4.78 is 0. The molecule has 3 aliphatic rings. The number of fused-ring (bicyclic) bond motifs is 1. The Hall–Kier alpha value is -3.38. The van der Waals surface area contributed by atoms with Gasteiger partial charge in [0.1, 0.15) is 0 Å². The molecular weight excluding hydrogens is 456 g/mol. The van der Waals surface area contributed by atoms with Gasteiger partial charge < -0.3 is 0 Å². The molecule has 194 valence electrons. The summed E-state index contributed by atoms with van der Waals surface area (Å²) in [6, 6.07) is 18.2. The van der Waals surface area contributed by atoms with Gasteiger partial charge in [0.05, 0.1) is 0 Å². The molecule has 2 aromatic carbocycles. The molecule has 0 heterocycles. The maximum absolute atomic E-state index is 4.75. The summed E-state index contributed by atoms with van der Waals surface area (Å²) in [7, 11) is 0. The molecule has 0 heteroatoms. The average molecular weight is 499 g/mol. The van der Waals surface area contributed by atoms with Gasteiger partial charge in [0.2, 0.25) is 0 Å². The van der Waals surface area contributed by atoms with Crippen LogP contribution in [0.1, 0.15) is 81.0 Å². The number of hydrogen-bond acceptors (Lipinski definition) is 0. The van der Waals surface area contributed by atoms with Crippen molar-refractivity contribution in [2.45, 2.75) is 72.6 Å². The molecule has 0 saturated heterocycles. The fourth-order valence-corrected chi connectivity index (χ4v) is 6.97. The smallest absolute Gasteiger partial charge is 0.0264 e. The molecule has 0 radical (unpaired) electrons. The van der Waals surface area contributed by atoms with Crippen molar-refractivity contribution < 1.29 is 0 Å². The molecule has 1 saturated carbocycles. The van der Waals surface area contributed by atoms with Crippen LogP contribution in [-0.2, 0) is 0 Å². The van der Waals surface area contributed by atoms with Crippen LogP contribution < -0.4 is 0 Å². The van der Waals surface area contributed by atoms with Crippen LogP contribution in [0.15, 0.2) is 130 Å². The second-order valence-corrected chi connectivity index (χ2v) is 11.8. The first-order valence-corrected chi connectivity index (χ1v) is 14.2. The van der Waals surface area contributed by atoms with Crippen molar-refractivity contribution in [3.05, 3.63) is 152 Å². The third-order valence-electron chi connectivity index (χ3n) is 8.89. The largest absolute Gasteiger partial charge is 0.0955 e. The molecule has 1 fully saturated rings. The summed E-state index contributed by atoms with van der Waals surface area (Å²) >= 11 is 0. The predicted molar refractivity (Wildman–Crippen MR) is 164 cm³/mol. The summed E-state index contributed by atoms with van der Waals surface area (Å²) in [4.78, 5) is 0. The van der Waals surface area contributed by atoms with Crippen LogP contribution in [-0.4, -0.2) is 0 Å². The SMILES string of the molecule is C=C(CCC)C1=C(C)C=C2C/C(=C\C3=C(C)C(c4ccc(C)cc4)C(C)=C3)C(=C)C2C1c1ccc(C)cc1. The Morgan fingerprint density at radius 1 is 0.842 bits per heavy atom. The van der Waals surface area contributed by atoms with Crippen molar-refractivity contribution in [1.29, 1.82) is 0 Å². The van der Waals surface area contributed by atoms with E-state index in [0.717, 1.165) is 19.3 Å². The summed E-state index contributed by atoms with van der Waals surface area (Å²) in [5.41, 5.74) is 17.9. The molecule has 3 aliphatic carbocycles. The lowest BCUT2D eigenvalue weighted by Crippen LogP contribution is -2.21. The normalized spacial score (nSPS) is 24.2. The van der Waals surface area contributed by atoms with Gasteiger partial charge in [-0.15, -0.1) is 0 Å². The first-order valence-electron chi connectivity index (χ1n) is 14.2. The van der Waals surface area contributed by atoms with Gasteiger partial charge >= 0.3 is 0 Å². The molecule has 3 unspecified atom stereocenters. The molecular formula is C38H42. The van der Waals surface area contributed by atoms with Crippen LogP contribution in [0, 0.1) is 19.8 Å². The molecule has 3 atom stereocenters. The van der Waals surface area contributed by atoms with E-state index in [1.54, 1.807) is 0 Å². The third kappa shape index (κ3) is 4.66. The Balaban J connectivity index is 1.54. The zero-order chi connectivity index (χ0) is 27.1. The average Bonchev–Trinajstić information content (AvgIpc) is 3.34. The van der Waals surface area contributed by atoms with E-state index in [-0.39, 0.29) is 5.92 Å². The molecule has 0 amide bonds. The monoisotopic (exact) mass is 498 g/mol. The van der Waals surface area contributed by atoms with E-state index in [1.807, 2.05) is 0 Å². The summed E-state index contributed by atoms with van der Waals surface area (Å²) in [6.07, 6.45) is 10.4. The van der Waals surface area contributed by atoms with Crippen LogP contribution in [0.5, 0.6) is 0 Å². The maximum Gasteiger partial charge on any atom is 0.0264 e. The van der Waals surface area contributed by atoms with Crippen molar-refractivity contribution in [1.82, 2.24) is 0 Å². The Bertz CT molecular complexity index is 1440. The van der Waals surface area contributed by atoms with Gasteiger partial charge in [-0.25, -0.2) is 0 Å². The van der Waals surface area contributed by atoms with Gasteiger partial charge in [-0.05, 0) is 86.5 Å². The zero-order valence-electron chi connectivity index (χ0n) is 24.1. The van der Waals surface area contributed by atoms with Crippen LogP contribution >= 0.6 is 0 Å². The Labute approximate surface area is 230 Å². The van der Waals surface area contributed by atoms with E-state index in [0.29, 0.717) is 11.8 Å². The van der Waals surface area contributed by atoms with Gasteiger partial charge in [-0.1, -0.05) is 127 Å². The number of allylic oxidation sites excluding steroid dienone is 12.